The Morgan fingerprint density at radius 1 is 0.939 bits per heavy atom. The molecule has 2 N–H and O–H groups in total. The Bertz CT molecular complexity index is 1390. The lowest BCUT2D eigenvalue weighted by atomic mass is 9.85. The molecule has 1 saturated carbocycles. The van der Waals surface area contributed by atoms with Crippen LogP contribution >= 0.6 is 0 Å². The van der Waals surface area contributed by atoms with Crippen molar-refractivity contribution in [1.29, 1.82) is 0 Å². The van der Waals surface area contributed by atoms with E-state index in [4.69, 9.17) is 4.52 Å². The third kappa shape index (κ3) is 3.31. The molecule has 1 aliphatic rings. The van der Waals surface area contributed by atoms with E-state index < -0.39 is 0 Å². The fourth-order valence-electron chi connectivity index (χ4n) is 5.07. The van der Waals surface area contributed by atoms with E-state index in [0.717, 1.165) is 65.0 Å². The predicted octanol–water partition coefficient (Wildman–Crippen LogP) is 6.57. The van der Waals surface area contributed by atoms with Crippen LogP contribution in [0.2, 0.25) is 0 Å². The van der Waals surface area contributed by atoms with Crippen LogP contribution in [-0.4, -0.2) is 25.0 Å². The molecule has 0 amide bonds. The zero-order valence-electron chi connectivity index (χ0n) is 18.0. The molecular formula is C26H23FN4O2. The normalized spacial score (nSPS) is 14.8. The number of fused-ring (bicyclic) bond motifs is 1. The van der Waals surface area contributed by atoms with Gasteiger partial charge in [-0.1, -0.05) is 36.6 Å². The second-order valence-corrected chi connectivity index (χ2v) is 8.64. The number of aromatic hydroxyl groups is 1. The number of halogens is 1. The first-order valence-electron chi connectivity index (χ1n) is 11.3. The zero-order chi connectivity index (χ0) is 22.4. The third-order valence-electron chi connectivity index (χ3n) is 6.67. The van der Waals surface area contributed by atoms with Gasteiger partial charge in [0.15, 0.2) is 0 Å². The topological polar surface area (TPSA) is 79.9 Å². The maximum absolute atomic E-state index is 13.6. The summed E-state index contributed by atoms with van der Waals surface area (Å²) in [4.78, 5) is 0. The molecule has 33 heavy (non-hydrogen) atoms. The summed E-state index contributed by atoms with van der Waals surface area (Å²) in [6.07, 6.45) is 7.22. The molecule has 0 bridgehead atoms. The van der Waals surface area contributed by atoms with Gasteiger partial charge in [0, 0.05) is 34.5 Å². The Balaban J connectivity index is 1.55. The van der Waals surface area contributed by atoms with E-state index >= 15 is 0 Å². The van der Waals surface area contributed by atoms with Crippen LogP contribution in [0.3, 0.4) is 0 Å². The van der Waals surface area contributed by atoms with Gasteiger partial charge >= 0.3 is 0 Å². The molecule has 1 fully saturated rings. The molecule has 6 rings (SSSR count). The lowest BCUT2D eigenvalue weighted by molar-refractivity contribution is 0.414. The van der Waals surface area contributed by atoms with Gasteiger partial charge in [0.05, 0.1) is 5.39 Å². The second-order valence-electron chi connectivity index (χ2n) is 8.64. The van der Waals surface area contributed by atoms with Crippen molar-refractivity contribution in [2.24, 2.45) is 0 Å². The largest absolute Gasteiger partial charge is 0.493 e. The van der Waals surface area contributed by atoms with Gasteiger partial charge in [0.25, 0.3) is 0 Å². The highest BCUT2D eigenvalue weighted by atomic mass is 19.1. The minimum absolute atomic E-state index is 0.139. The molecule has 166 valence electrons. The molecular weight excluding hydrogens is 419 g/mol. The van der Waals surface area contributed by atoms with E-state index in [2.05, 4.69) is 15.4 Å². The lowest BCUT2D eigenvalue weighted by Gasteiger charge is -2.24. The summed E-state index contributed by atoms with van der Waals surface area (Å²) in [5, 5.41) is 23.8. The SMILES string of the molecule is Oc1c2[nH]nc(-c3ccc(F)cc3)c2c(C2CCCCC2)n1-c1ccc(-c2ccon2)cc1. The first kappa shape index (κ1) is 19.8. The highest BCUT2D eigenvalue weighted by Gasteiger charge is 2.29. The van der Waals surface area contributed by atoms with E-state index in [0.29, 0.717) is 11.4 Å². The Morgan fingerprint density at radius 2 is 1.67 bits per heavy atom. The van der Waals surface area contributed by atoms with Crippen molar-refractivity contribution in [3.8, 4) is 34.1 Å². The Morgan fingerprint density at radius 3 is 2.36 bits per heavy atom. The maximum Gasteiger partial charge on any atom is 0.222 e. The smallest absolute Gasteiger partial charge is 0.222 e. The monoisotopic (exact) mass is 442 g/mol. The van der Waals surface area contributed by atoms with Gasteiger partial charge in [-0.15, -0.1) is 0 Å². The molecule has 0 unspecified atom stereocenters. The van der Waals surface area contributed by atoms with E-state index in [-0.39, 0.29) is 11.7 Å². The van der Waals surface area contributed by atoms with Crippen LogP contribution in [0.5, 0.6) is 5.88 Å². The Hall–Kier alpha value is -3.87. The van der Waals surface area contributed by atoms with Crippen molar-refractivity contribution in [2.75, 3.05) is 0 Å². The molecule has 5 aromatic rings. The van der Waals surface area contributed by atoms with Crippen LogP contribution in [0.25, 0.3) is 39.1 Å². The van der Waals surface area contributed by atoms with E-state index in [9.17, 15) is 9.50 Å². The third-order valence-corrected chi connectivity index (χ3v) is 6.67. The summed E-state index contributed by atoms with van der Waals surface area (Å²) in [5.74, 6) is 0.153. The molecule has 1 aliphatic carbocycles. The highest BCUT2D eigenvalue weighted by Crippen LogP contribution is 2.45. The molecule has 2 aromatic carbocycles. The molecule has 3 aromatic heterocycles. The number of aromatic nitrogens is 4. The second kappa shape index (κ2) is 7.92. The van der Waals surface area contributed by atoms with Gasteiger partial charge in [-0.25, -0.2) is 4.39 Å². The summed E-state index contributed by atoms with van der Waals surface area (Å²) in [6.45, 7) is 0. The maximum atomic E-state index is 13.6. The van der Waals surface area contributed by atoms with Crippen LogP contribution in [0, 0.1) is 5.82 Å². The van der Waals surface area contributed by atoms with Gasteiger partial charge in [-0.3, -0.25) is 9.67 Å². The number of benzene rings is 2. The van der Waals surface area contributed by atoms with Crippen LogP contribution in [0.1, 0.15) is 43.7 Å². The van der Waals surface area contributed by atoms with Gasteiger partial charge in [0.1, 0.15) is 29.0 Å². The van der Waals surface area contributed by atoms with Crippen LogP contribution in [0.4, 0.5) is 4.39 Å². The molecule has 0 aliphatic heterocycles. The van der Waals surface area contributed by atoms with Gasteiger partial charge in [0.2, 0.25) is 5.88 Å². The van der Waals surface area contributed by atoms with Crippen LogP contribution < -0.4 is 0 Å². The van der Waals surface area contributed by atoms with Crippen molar-refractivity contribution < 1.29 is 14.0 Å². The molecule has 0 saturated heterocycles. The molecule has 0 atom stereocenters. The van der Waals surface area contributed by atoms with Crippen molar-refractivity contribution >= 4 is 10.9 Å². The van der Waals surface area contributed by atoms with Crippen LogP contribution in [0.15, 0.2) is 65.4 Å². The predicted molar refractivity (Wildman–Crippen MR) is 124 cm³/mol. The molecule has 0 spiro atoms. The van der Waals surface area contributed by atoms with Crippen molar-refractivity contribution in [1.82, 2.24) is 19.9 Å². The fourth-order valence-corrected chi connectivity index (χ4v) is 5.07. The standard InChI is InChI=1S/C26H23FN4O2/c27-19-10-6-17(7-11-19)23-22-24(29-28-23)26(32)31(25(22)18-4-2-1-3-5-18)20-12-8-16(9-13-20)21-14-15-33-30-21/h6-15,18,29,32H,1-5H2. The van der Waals surface area contributed by atoms with Gasteiger partial charge in [-0.2, -0.15) is 5.10 Å². The minimum Gasteiger partial charge on any atom is -0.493 e. The average molecular weight is 442 g/mol. The number of rotatable bonds is 4. The number of aromatic amines is 1. The average Bonchev–Trinajstić information content (AvgIpc) is 3.59. The quantitative estimate of drug-likeness (QED) is 0.330. The number of hydrogen-bond acceptors (Lipinski definition) is 4. The van der Waals surface area contributed by atoms with Gasteiger partial charge < -0.3 is 9.63 Å². The van der Waals surface area contributed by atoms with Crippen molar-refractivity contribution in [3.05, 3.63) is 72.4 Å². The van der Waals surface area contributed by atoms with E-state index in [1.54, 1.807) is 18.4 Å². The molecule has 6 nitrogen and oxygen atoms in total. The van der Waals surface area contributed by atoms with Crippen molar-refractivity contribution in [2.45, 2.75) is 38.0 Å². The summed E-state index contributed by atoms with van der Waals surface area (Å²) in [6, 6.07) is 16.1. The summed E-state index contributed by atoms with van der Waals surface area (Å²) < 4.78 is 20.5. The Labute approximate surface area is 189 Å². The zero-order valence-corrected chi connectivity index (χ0v) is 18.0. The highest BCUT2D eigenvalue weighted by molar-refractivity contribution is 5.99. The number of nitrogens with one attached hydrogen (secondary N) is 1. The summed E-state index contributed by atoms with van der Waals surface area (Å²) in [5.41, 5.74) is 5.80. The number of nitrogens with zero attached hydrogens (tertiary/aromatic N) is 3. The Kier molecular flexibility index (Phi) is 4.75. The summed E-state index contributed by atoms with van der Waals surface area (Å²) >= 11 is 0. The minimum atomic E-state index is -0.286. The van der Waals surface area contributed by atoms with Gasteiger partial charge in [-0.05, 0) is 49.2 Å². The fraction of sp³-hybridized carbons (Fsp3) is 0.231. The summed E-state index contributed by atoms with van der Waals surface area (Å²) in [7, 11) is 0. The first-order valence-corrected chi connectivity index (χ1v) is 11.3. The van der Waals surface area contributed by atoms with E-state index in [1.165, 1.54) is 18.6 Å². The molecule has 0 radical (unpaired) electrons. The van der Waals surface area contributed by atoms with Crippen molar-refractivity contribution in [3.63, 3.8) is 0 Å². The lowest BCUT2D eigenvalue weighted by Crippen LogP contribution is -2.10. The van der Waals surface area contributed by atoms with Crippen LogP contribution in [-0.2, 0) is 0 Å². The number of H-pyrrole nitrogens is 1. The van der Waals surface area contributed by atoms with E-state index in [1.807, 2.05) is 34.9 Å². The molecule has 7 heteroatoms. The number of hydrogen-bond donors (Lipinski definition) is 2. The first-order chi connectivity index (χ1) is 16.2. The molecule has 3 heterocycles.